The number of nitrogens with zero attached hydrogens (tertiary/aromatic N) is 1. The lowest BCUT2D eigenvalue weighted by molar-refractivity contribution is -0.384. The van der Waals surface area contributed by atoms with Crippen molar-refractivity contribution in [3.63, 3.8) is 0 Å². The molecule has 6 nitrogen and oxygen atoms in total. The first-order chi connectivity index (χ1) is 13.9. The number of benzene rings is 3. The lowest BCUT2D eigenvalue weighted by Crippen LogP contribution is -2.07. The number of carbonyl (C=O) groups excluding carboxylic acids is 1. The van der Waals surface area contributed by atoms with Crippen LogP contribution in [0.3, 0.4) is 0 Å². The molecule has 0 amide bonds. The maximum atomic E-state index is 12.0. The molecule has 3 aromatic rings. The van der Waals surface area contributed by atoms with Crippen LogP contribution in [0.15, 0.2) is 60.7 Å². The van der Waals surface area contributed by atoms with E-state index in [1.807, 2.05) is 18.2 Å². The number of esters is 1. The summed E-state index contributed by atoms with van der Waals surface area (Å²) in [6, 6.07) is 16.4. The Morgan fingerprint density at radius 3 is 2.48 bits per heavy atom. The average Bonchev–Trinajstić information content (AvgIpc) is 2.72. The Balaban J connectivity index is 1.96. The monoisotopic (exact) mass is 431 g/mol. The number of hydrogen-bond acceptors (Lipinski definition) is 5. The minimum atomic E-state index is -0.730. The standard InChI is InChI=1S/C21H15Cl2NO5/c1-28-21(25)18-11-15(24(26)27)8-9-20(18)29-12-13-6-7-14(22)10-17(13)16-4-2-3-5-19(16)23/h2-11H,12H2,1H3. The number of methoxy groups -OCH3 is 1. The number of non-ortho nitro benzene ring substituents is 1. The number of hydrogen-bond donors (Lipinski definition) is 0. The molecule has 0 aliphatic carbocycles. The van der Waals surface area contributed by atoms with Crippen LogP contribution < -0.4 is 4.74 Å². The zero-order valence-electron chi connectivity index (χ0n) is 15.2. The topological polar surface area (TPSA) is 78.7 Å². The molecule has 0 aliphatic heterocycles. The van der Waals surface area contributed by atoms with Gasteiger partial charge in [0.25, 0.3) is 5.69 Å². The van der Waals surface area contributed by atoms with Gasteiger partial charge in [0.05, 0.1) is 12.0 Å². The maximum absolute atomic E-state index is 12.0. The fourth-order valence-electron chi connectivity index (χ4n) is 2.79. The fraction of sp³-hybridized carbons (Fsp3) is 0.0952. The van der Waals surface area contributed by atoms with Gasteiger partial charge in [-0.2, -0.15) is 0 Å². The highest BCUT2D eigenvalue weighted by molar-refractivity contribution is 6.34. The second kappa shape index (κ2) is 8.94. The second-order valence-electron chi connectivity index (χ2n) is 6.00. The molecule has 0 heterocycles. The molecule has 148 valence electrons. The molecule has 0 aliphatic rings. The van der Waals surface area contributed by atoms with Gasteiger partial charge in [0.2, 0.25) is 0 Å². The molecule has 29 heavy (non-hydrogen) atoms. The normalized spacial score (nSPS) is 10.4. The summed E-state index contributed by atoms with van der Waals surface area (Å²) in [7, 11) is 1.19. The summed E-state index contributed by atoms with van der Waals surface area (Å²) in [5.74, 6) is -0.561. The van der Waals surface area contributed by atoms with Gasteiger partial charge >= 0.3 is 5.97 Å². The van der Waals surface area contributed by atoms with Gasteiger partial charge in [-0.3, -0.25) is 10.1 Å². The summed E-state index contributed by atoms with van der Waals surface area (Å²) in [5.41, 5.74) is 2.07. The summed E-state index contributed by atoms with van der Waals surface area (Å²) in [6.07, 6.45) is 0. The molecule has 0 spiro atoms. The van der Waals surface area contributed by atoms with E-state index in [-0.39, 0.29) is 23.6 Å². The summed E-state index contributed by atoms with van der Waals surface area (Å²) in [6.45, 7) is 0.0829. The number of nitro benzene ring substituents is 1. The van der Waals surface area contributed by atoms with Gasteiger partial charge in [0.1, 0.15) is 17.9 Å². The van der Waals surface area contributed by atoms with E-state index in [1.54, 1.807) is 24.3 Å². The zero-order chi connectivity index (χ0) is 21.0. The molecule has 0 saturated heterocycles. The second-order valence-corrected chi connectivity index (χ2v) is 6.84. The van der Waals surface area contributed by atoms with E-state index in [9.17, 15) is 14.9 Å². The molecule has 0 fully saturated rings. The highest BCUT2D eigenvalue weighted by Gasteiger charge is 2.19. The van der Waals surface area contributed by atoms with Crippen LogP contribution in [-0.2, 0) is 11.3 Å². The molecule has 0 aromatic heterocycles. The first-order valence-electron chi connectivity index (χ1n) is 8.43. The van der Waals surface area contributed by atoms with Crippen molar-refractivity contribution in [2.75, 3.05) is 7.11 Å². The highest BCUT2D eigenvalue weighted by atomic mass is 35.5. The third-order valence-electron chi connectivity index (χ3n) is 4.20. The molecule has 0 unspecified atom stereocenters. The Hall–Kier alpha value is -3.09. The number of nitro groups is 1. The Morgan fingerprint density at radius 2 is 1.79 bits per heavy atom. The molecule has 8 heteroatoms. The molecule has 0 saturated carbocycles. The number of halogens is 2. The maximum Gasteiger partial charge on any atom is 0.341 e. The van der Waals surface area contributed by atoms with Crippen LogP contribution in [0.2, 0.25) is 10.0 Å². The van der Waals surface area contributed by atoms with Crippen molar-refractivity contribution in [3.05, 3.63) is 92.0 Å². The van der Waals surface area contributed by atoms with Crippen molar-refractivity contribution < 1.29 is 19.2 Å². The molecule has 0 bridgehead atoms. The SMILES string of the molecule is COC(=O)c1cc([N+](=O)[O-])ccc1OCc1ccc(Cl)cc1-c1ccccc1Cl. The van der Waals surface area contributed by atoms with Crippen molar-refractivity contribution in [1.29, 1.82) is 0 Å². The van der Waals surface area contributed by atoms with Gasteiger partial charge in [-0.15, -0.1) is 0 Å². The molecule has 0 atom stereocenters. The van der Waals surface area contributed by atoms with Gasteiger partial charge in [-0.1, -0.05) is 47.5 Å². The Morgan fingerprint density at radius 1 is 1.03 bits per heavy atom. The van der Waals surface area contributed by atoms with Crippen LogP contribution in [0, 0.1) is 10.1 Å². The van der Waals surface area contributed by atoms with E-state index in [0.717, 1.165) is 22.8 Å². The number of carbonyl (C=O) groups is 1. The van der Waals surface area contributed by atoms with E-state index < -0.39 is 10.9 Å². The first-order valence-corrected chi connectivity index (χ1v) is 9.19. The lowest BCUT2D eigenvalue weighted by Gasteiger charge is -2.14. The molecule has 3 aromatic carbocycles. The number of ether oxygens (including phenoxy) is 2. The third kappa shape index (κ3) is 4.67. The van der Waals surface area contributed by atoms with Crippen LogP contribution in [0.25, 0.3) is 11.1 Å². The van der Waals surface area contributed by atoms with Gasteiger partial charge in [-0.05, 0) is 35.4 Å². The lowest BCUT2D eigenvalue weighted by atomic mass is 10.00. The molecular weight excluding hydrogens is 417 g/mol. The van der Waals surface area contributed by atoms with Gasteiger partial charge in [0.15, 0.2) is 0 Å². The molecular formula is C21H15Cl2NO5. The van der Waals surface area contributed by atoms with E-state index in [2.05, 4.69) is 0 Å². The Kier molecular flexibility index (Phi) is 6.36. The Bertz CT molecular complexity index is 1080. The predicted octanol–water partition coefficient (Wildman–Crippen LogP) is 5.93. The summed E-state index contributed by atoms with van der Waals surface area (Å²) >= 11 is 12.5. The van der Waals surface area contributed by atoms with Crippen LogP contribution in [-0.4, -0.2) is 18.0 Å². The van der Waals surface area contributed by atoms with Crippen LogP contribution in [0.5, 0.6) is 5.75 Å². The minimum Gasteiger partial charge on any atom is -0.488 e. The molecule has 0 N–H and O–H groups in total. The minimum absolute atomic E-state index is 0.0324. The molecule has 3 rings (SSSR count). The van der Waals surface area contributed by atoms with E-state index in [0.29, 0.717) is 10.0 Å². The smallest absolute Gasteiger partial charge is 0.341 e. The van der Waals surface area contributed by atoms with Gasteiger partial charge in [-0.25, -0.2) is 4.79 Å². The third-order valence-corrected chi connectivity index (χ3v) is 4.76. The van der Waals surface area contributed by atoms with Crippen LogP contribution in [0.4, 0.5) is 5.69 Å². The van der Waals surface area contributed by atoms with Gasteiger partial charge in [0, 0.05) is 27.7 Å². The van der Waals surface area contributed by atoms with Crippen molar-refractivity contribution in [2.24, 2.45) is 0 Å². The Labute approximate surface area is 176 Å². The summed E-state index contributed by atoms with van der Waals surface area (Å²) in [4.78, 5) is 22.5. The van der Waals surface area contributed by atoms with E-state index in [1.165, 1.54) is 19.2 Å². The number of rotatable bonds is 6. The van der Waals surface area contributed by atoms with Crippen molar-refractivity contribution in [2.45, 2.75) is 6.61 Å². The predicted molar refractivity (Wildman–Crippen MR) is 111 cm³/mol. The van der Waals surface area contributed by atoms with Crippen molar-refractivity contribution in [3.8, 4) is 16.9 Å². The largest absolute Gasteiger partial charge is 0.488 e. The van der Waals surface area contributed by atoms with E-state index >= 15 is 0 Å². The van der Waals surface area contributed by atoms with Crippen molar-refractivity contribution >= 4 is 34.9 Å². The van der Waals surface area contributed by atoms with E-state index in [4.69, 9.17) is 32.7 Å². The quantitative estimate of drug-likeness (QED) is 0.274. The summed E-state index contributed by atoms with van der Waals surface area (Å²) in [5, 5.41) is 12.1. The highest BCUT2D eigenvalue weighted by Crippen LogP contribution is 2.33. The van der Waals surface area contributed by atoms with Gasteiger partial charge < -0.3 is 9.47 Å². The van der Waals surface area contributed by atoms with Crippen molar-refractivity contribution in [1.82, 2.24) is 0 Å². The molecule has 0 radical (unpaired) electrons. The first kappa shape index (κ1) is 20.6. The zero-order valence-corrected chi connectivity index (χ0v) is 16.7. The van der Waals surface area contributed by atoms with Crippen LogP contribution >= 0.6 is 23.2 Å². The summed E-state index contributed by atoms with van der Waals surface area (Å²) < 4.78 is 10.5. The van der Waals surface area contributed by atoms with Crippen LogP contribution in [0.1, 0.15) is 15.9 Å². The average molecular weight is 432 g/mol. The fourth-order valence-corrected chi connectivity index (χ4v) is 3.20.